The van der Waals surface area contributed by atoms with E-state index in [9.17, 15) is 4.79 Å². The standard InChI is InChI=1S/C14H25N3O3/c1-6-19-14(18)9-17(11(4)5)8-13-15-12(16-20-13)7-10(2)3/h10-11H,6-9H2,1-5H3. The van der Waals surface area contributed by atoms with Gasteiger partial charge in [-0.3, -0.25) is 9.69 Å². The molecule has 1 heterocycles. The molecule has 0 saturated carbocycles. The van der Waals surface area contributed by atoms with Crippen molar-refractivity contribution in [2.45, 2.75) is 53.6 Å². The summed E-state index contributed by atoms with van der Waals surface area (Å²) >= 11 is 0. The molecule has 0 aromatic carbocycles. The molecule has 0 atom stereocenters. The molecule has 1 aromatic rings. The summed E-state index contributed by atoms with van der Waals surface area (Å²) in [5.41, 5.74) is 0. The van der Waals surface area contributed by atoms with Crippen LogP contribution < -0.4 is 0 Å². The minimum absolute atomic E-state index is 0.194. The minimum atomic E-state index is -0.233. The lowest BCUT2D eigenvalue weighted by molar-refractivity contribution is -0.145. The zero-order valence-electron chi connectivity index (χ0n) is 13.0. The number of aromatic nitrogens is 2. The highest BCUT2D eigenvalue weighted by Gasteiger charge is 2.18. The van der Waals surface area contributed by atoms with Crippen LogP contribution in [0.2, 0.25) is 0 Å². The van der Waals surface area contributed by atoms with Crippen LogP contribution >= 0.6 is 0 Å². The Morgan fingerprint density at radius 3 is 2.60 bits per heavy atom. The molecule has 0 N–H and O–H groups in total. The lowest BCUT2D eigenvalue weighted by Crippen LogP contribution is -2.36. The first-order chi connectivity index (χ1) is 9.42. The van der Waals surface area contributed by atoms with Gasteiger partial charge in [0.15, 0.2) is 5.82 Å². The summed E-state index contributed by atoms with van der Waals surface area (Å²) in [6.07, 6.45) is 0.795. The van der Waals surface area contributed by atoms with Crippen LogP contribution in [0.5, 0.6) is 0 Å². The third kappa shape index (κ3) is 5.69. The van der Waals surface area contributed by atoms with Crippen molar-refractivity contribution in [3.8, 4) is 0 Å². The first kappa shape index (κ1) is 16.6. The van der Waals surface area contributed by atoms with Crippen LogP contribution in [0.3, 0.4) is 0 Å². The Kier molecular flexibility index (Phi) is 6.64. The molecule has 1 rings (SSSR count). The van der Waals surface area contributed by atoms with E-state index < -0.39 is 0 Å². The van der Waals surface area contributed by atoms with Crippen LogP contribution in [0.1, 0.15) is 46.3 Å². The fourth-order valence-corrected chi connectivity index (χ4v) is 1.77. The van der Waals surface area contributed by atoms with E-state index in [2.05, 4.69) is 24.0 Å². The maximum atomic E-state index is 11.6. The largest absolute Gasteiger partial charge is 0.465 e. The van der Waals surface area contributed by atoms with Crippen LogP contribution in [0.4, 0.5) is 0 Å². The Hall–Kier alpha value is -1.43. The van der Waals surface area contributed by atoms with Gasteiger partial charge in [-0.2, -0.15) is 4.98 Å². The van der Waals surface area contributed by atoms with Gasteiger partial charge in [0.25, 0.3) is 0 Å². The van der Waals surface area contributed by atoms with Crippen molar-refractivity contribution >= 4 is 5.97 Å². The molecule has 114 valence electrons. The normalized spacial score (nSPS) is 11.6. The average molecular weight is 283 g/mol. The number of ether oxygens (including phenoxy) is 1. The van der Waals surface area contributed by atoms with E-state index in [1.54, 1.807) is 6.92 Å². The van der Waals surface area contributed by atoms with Crippen LogP contribution in [0.25, 0.3) is 0 Å². The fraction of sp³-hybridized carbons (Fsp3) is 0.786. The summed E-state index contributed by atoms with van der Waals surface area (Å²) in [4.78, 5) is 17.9. The van der Waals surface area contributed by atoms with Gasteiger partial charge in [0.1, 0.15) is 0 Å². The van der Waals surface area contributed by atoms with Gasteiger partial charge in [-0.1, -0.05) is 19.0 Å². The molecule has 6 heteroatoms. The van der Waals surface area contributed by atoms with Crippen molar-refractivity contribution in [2.75, 3.05) is 13.2 Å². The summed E-state index contributed by atoms with van der Waals surface area (Å²) in [7, 11) is 0. The SMILES string of the molecule is CCOC(=O)CN(Cc1nc(CC(C)C)no1)C(C)C. The second-order valence-electron chi connectivity index (χ2n) is 5.51. The maximum Gasteiger partial charge on any atom is 0.320 e. The molecule has 0 radical (unpaired) electrons. The maximum absolute atomic E-state index is 11.6. The molecule has 1 aromatic heterocycles. The predicted octanol–water partition coefficient (Wildman–Crippen LogP) is 2.04. The Labute approximate surface area is 120 Å². The zero-order valence-corrected chi connectivity index (χ0v) is 13.0. The van der Waals surface area contributed by atoms with E-state index >= 15 is 0 Å². The van der Waals surface area contributed by atoms with Gasteiger partial charge in [-0.25, -0.2) is 0 Å². The fourth-order valence-electron chi connectivity index (χ4n) is 1.77. The topological polar surface area (TPSA) is 68.5 Å². The van der Waals surface area contributed by atoms with Gasteiger partial charge in [-0.15, -0.1) is 0 Å². The highest BCUT2D eigenvalue weighted by molar-refractivity contribution is 5.71. The van der Waals surface area contributed by atoms with E-state index in [1.165, 1.54) is 0 Å². The van der Waals surface area contributed by atoms with E-state index in [-0.39, 0.29) is 18.6 Å². The molecule has 0 aliphatic rings. The first-order valence-corrected chi connectivity index (χ1v) is 7.13. The Morgan fingerprint density at radius 2 is 2.05 bits per heavy atom. The van der Waals surface area contributed by atoms with Gasteiger partial charge in [-0.05, 0) is 26.7 Å². The van der Waals surface area contributed by atoms with Gasteiger partial charge in [0.05, 0.1) is 19.7 Å². The molecule has 0 aliphatic carbocycles. The highest BCUT2D eigenvalue weighted by atomic mass is 16.5. The van der Waals surface area contributed by atoms with Crippen molar-refractivity contribution in [3.63, 3.8) is 0 Å². The van der Waals surface area contributed by atoms with Gasteiger partial charge in [0, 0.05) is 12.5 Å². The molecule has 20 heavy (non-hydrogen) atoms. The van der Waals surface area contributed by atoms with Crippen LogP contribution in [0.15, 0.2) is 4.52 Å². The molecule has 0 spiro atoms. The number of esters is 1. The van der Waals surface area contributed by atoms with E-state index in [0.29, 0.717) is 25.0 Å². The molecule has 0 amide bonds. The van der Waals surface area contributed by atoms with Crippen molar-refractivity contribution in [3.05, 3.63) is 11.7 Å². The second-order valence-corrected chi connectivity index (χ2v) is 5.51. The van der Waals surface area contributed by atoms with Gasteiger partial charge < -0.3 is 9.26 Å². The molecule has 0 aliphatic heterocycles. The van der Waals surface area contributed by atoms with E-state index in [1.807, 2.05) is 18.7 Å². The van der Waals surface area contributed by atoms with Crippen molar-refractivity contribution < 1.29 is 14.1 Å². The van der Waals surface area contributed by atoms with Crippen LogP contribution in [-0.2, 0) is 22.5 Å². The summed E-state index contributed by atoms with van der Waals surface area (Å²) in [6, 6.07) is 0.194. The zero-order chi connectivity index (χ0) is 15.1. The summed E-state index contributed by atoms with van der Waals surface area (Å²) in [6.45, 7) is 11.1. The number of carbonyl (C=O) groups excluding carboxylic acids is 1. The lowest BCUT2D eigenvalue weighted by atomic mass is 10.1. The third-order valence-electron chi connectivity index (χ3n) is 2.81. The van der Waals surface area contributed by atoms with E-state index in [4.69, 9.17) is 9.26 Å². The highest BCUT2D eigenvalue weighted by Crippen LogP contribution is 2.09. The van der Waals surface area contributed by atoms with Gasteiger partial charge >= 0.3 is 5.97 Å². The predicted molar refractivity (Wildman–Crippen MR) is 75.0 cm³/mol. The summed E-state index contributed by atoms with van der Waals surface area (Å²) in [5, 5.41) is 3.96. The smallest absolute Gasteiger partial charge is 0.320 e. The van der Waals surface area contributed by atoms with Gasteiger partial charge in [0.2, 0.25) is 5.89 Å². The number of hydrogen-bond donors (Lipinski definition) is 0. The average Bonchev–Trinajstić information content (AvgIpc) is 2.75. The first-order valence-electron chi connectivity index (χ1n) is 7.13. The Morgan fingerprint density at radius 1 is 1.35 bits per heavy atom. The van der Waals surface area contributed by atoms with Crippen molar-refractivity contribution in [1.29, 1.82) is 0 Å². The molecule has 6 nitrogen and oxygen atoms in total. The molecule has 0 bridgehead atoms. The van der Waals surface area contributed by atoms with Crippen molar-refractivity contribution in [1.82, 2.24) is 15.0 Å². The molecular formula is C14H25N3O3. The minimum Gasteiger partial charge on any atom is -0.465 e. The number of carbonyl (C=O) groups is 1. The monoisotopic (exact) mass is 283 g/mol. The molecular weight excluding hydrogens is 258 g/mol. The summed E-state index contributed by atoms with van der Waals surface area (Å²) < 4.78 is 10.2. The summed E-state index contributed by atoms with van der Waals surface area (Å²) in [5.74, 6) is 1.51. The number of nitrogens with zero attached hydrogens (tertiary/aromatic N) is 3. The molecule has 0 saturated heterocycles. The molecule has 0 fully saturated rings. The second kappa shape index (κ2) is 7.99. The van der Waals surface area contributed by atoms with Crippen LogP contribution in [-0.4, -0.2) is 40.2 Å². The molecule has 0 unspecified atom stereocenters. The number of hydrogen-bond acceptors (Lipinski definition) is 6. The van der Waals surface area contributed by atoms with E-state index in [0.717, 1.165) is 12.2 Å². The van der Waals surface area contributed by atoms with Crippen molar-refractivity contribution in [2.24, 2.45) is 5.92 Å². The lowest BCUT2D eigenvalue weighted by Gasteiger charge is -2.23. The third-order valence-corrected chi connectivity index (χ3v) is 2.81. The Balaban J connectivity index is 2.61. The van der Waals surface area contributed by atoms with Crippen LogP contribution in [0, 0.1) is 5.92 Å². The number of rotatable bonds is 8. The quantitative estimate of drug-likeness (QED) is 0.680. The Bertz CT molecular complexity index is 416.